The zero-order valence-electron chi connectivity index (χ0n) is 13.6. The van der Waals surface area contributed by atoms with Crippen molar-refractivity contribution < 1.29 is 9.59 Å². The lowest BCUT2D eigenvalue weighted by Gasteiger charge is -2.12. The molecule has 0 spiro atoms. The minimum absolute atomic E-state index is 0.128. The van der Waals surface area contributed by atoms with Crippen molar-refractivity contribution in [2.24, 2.45) is 0 Å². The minimum Gasteiger partial charge on any atom is -0.355 e. The summed E-state index contributed by atoms with van der Waals surface area (Å²) in [6, 6.07) is 9.65. The summed E-state index contributed by atoms with van der Waals surface area (Å²) in [7, 11) is 1.62. The van der Waals surface area contributed by atoms with Gasteiger partial charge in [-0.25, -0.2) is 0 Å². The molecule has 2 amide bonds. The first-order valence-corrected chi connectivity index (χ1v) is 8.91. The van der Waals surface area contributed by atoms with Gasteiger partial charge in [0.25, 0.3) is 5.91 Å². The predicted molar refractivity (Wildman–Crippen MR) is 98.5 cm³/mol. The Morgan fingerprint density at radius 1 is 1.12 bits per heavy atom. The van der Waals surface area contributed by atoms with Crippen LogP contribution in [0.2, 0.25) is 0 Å². The molecule has 1 aliphatic carbocycles. The molecule has 5 heteroatoms. The van der Waals surface area contributed by atoms with E-state index >= 15 is 0 Å². The van der Waals surface area contributed by atoms with Gasteiger partial charge in [-0.05, 0) is 42.9 Å². The molecule has 24 heavy (non-hydrogen) atoms. The second-order valence-corrected chi connectivity index (χ2v) is 6.83. The smallest absolute Gasteiger partial charge is 0.254 e. The van der Waals surface area contributed by atoms with Crippen LogP contribution in [0.25, 0.3) is 6.08 Å². The molecule has 2 aromatic rings. The zero-order valence-corrected chi connectivity index (χ0v) is 14.4. The van der Waals surface area contributed by atoms with Gasteiger partial charge in [0, 0.05) is 18.0 Å². The Morgan fingerprint density at radius 2 is 1.88 bits per heavy atom. The molecule has 0 fully saturated rings. The van der Waals surface area contributed by atoms with E-state index in [0.717, 1.165) is 36.8 Å². The lowest BCUT2D eigenvalue weighted by molar-refractivity contribution is -0.111. The molecule has 2 N–H and O–H groups in total. The largest absolute Gasteiger partial charge is 0.355 e. The Labute approximate surface area is 145 Å². The van der Waals surface area contributed by atoms with Gasteiger partial charge in [-0.3, -0.25) is 9.59 Å². The summed E-state index contributed by atoms with van der Waals surface area (Å²) in [5.74, 6) is -0.348. The van der Waals surface area contributed by atoms with Gasteiger partial charge < -0.3 is 10.6 Å². The van der Waals surface area contributed by atoms with Gasteiger partial charge in [-0.2, -0.15) is 0 Å². The third-order valence-corrected chi connectivity index (χ3v) is 5.30. The van der Waals surface area contributed by atoms with Crippen molar-refractivity contribution in [3.05, 3.63) is 58.0 Å². The fraction of sp³-hybridized carbons (Fsp3) is 0.263. The number of anilines is 1. The standard InChI is InChI=1S/C19H20N2O2S/c1-20-18(23)17-14-9-5-6-10-15(14)24-19(17)21-16(22)12-11-13-7-3-2-4-8-13/h2-4,7-8,11-12H,5-6,9-10H2,1H3,(H,20,23)(H,21,22)/b12-11+. The zero-order chi connectivity index (χ0) is 16.9. The molecular formula is C19H20N2O2S. The van der Waals surface area contributed by atoms with E-state index in [0.29, 0.717) is 10.6 Å². The highest BCUT2D eigenvalue weighted by atomic mass is 32.1. The Morgan fingerprint density at radius 3 is 2.62 bits per heavy atom. The molecule has 0 aliphatic heterocycles. The van der Waals surface area contributed by atoms with E-state index < -0.39 is 0 Å². The lowest BCUT2D eigenvalue weighted by atomic mass is 9.95. The van der Waals surface area contributed by atoms with Crippen molar-refractivity contribution in [3.8, 4) is 0 Å². The van der Waals surface area contributed by atoms with Gasteiger partial charge in [-0.1, -0.05) is 30.3 Å². The fourth-order valence-corrected chi connectivity index (χ4v) is 4.20. The highest BCUT2D eigenvalue weighted by Gasteiger charge is 2.25. The number of amides is 2. The Bertz CT molecular complexity index is 778. The number of carbonyl (C=O) groups excluding carboxylic acids is 2. The van der Waals surface area contributed by atoms with Crippen molar-refractivity contribution in [2.75, 3.05) is 12.4 Å². The molecule has 0 radical (unpaired) electrons. The third-order valence-electron chi connectivity index (χ3n) is 4.09. The van der Waals surface area contributed by atoms with Crippen molar-refractivity contribution >= 4 is 34.2 Å². The number of benzene rings is 1. The summed E-state index contributed by atoms with van der Waals surface area (Å²) in [6.07, 6.45) is 7.39. The van der Waals surface area contributed by atoms with Gasteiger partial charge in [0.15, 0.2) is 0 Å². The van der Waals surface area contributed by atoms with Crippen LogP contribution in [0.1, 0.15) is 39.2 Å². The molecule has 3 rings (SSSR count). The maximum absolute atomic E-state index is 12.3. The van der Waals surface area contributed by atoms with Crippen molar-refractivity contribution in [3.63, 3.8) is 0 Å². The average molecular weight is 340 g/mol. The highest BCUT2D eigenvalue weighted by Crippen LogP contribution is 2.38. The molecule has 1 aromatic carbocycles. The van der Waals surface area contributed by atoms with Gasteiger partial charge in [0.2, 0.25) is 5.91 Å². The monoisotopic (exact) mass is 340 g/mol. The van der Waals surface area contributed by atoms with Crippen molar-refractivity contribution in [2.45, 2.75) is 25.7 Å². The Hall–Kier alpha value is -2.40. The van der Waals surface area contributed by atoms with Crippen LogP contribution >= 0.6 is 11.3 Å². The molecule has 0 bridgehead atoms. The first-order chi connectivity index (χ1) is 11.7. The average Bonchev–Trinajstić information content (AvgIpc) is 2.98. The molecule has 4 nitrogen and oxygen atoms in total. The first-order valence-electron chi connectivity index (χ1n) is 8.09. The minimum atomic E-state index is -0.220. The topological polar surface area (TPSA) is 58.2 Å². The van der Waals surface area contributed by atoms with Crippen LogP contribution in [0.4, 0.5) is 5.00 Å². The van der Waals surface area contributed by atoms with Crippen LogP contribution in [0.15, 0.2) is 36.4 Å². The number of rotatable bonds is 4. The maximum atomic E-state index is 12.3. The van der Waals surface area contributed by atoms with Gasteiger partial charge in [0.05, 0.1) is 5.56 Å². The number of aryl methyl sites for hydroxylation is 1. The normalized spacial score (nSPS) is 13.5. The number of carbonyl (C=O) groups is 2. The quantitative estimate of drug-likeness (QED) is 0.835. The molecular weight excluding hydrogens is 320 g/mol. The fourth-order valence-electron chi connectivity index (χ4n) is 2.91. The highest BCUT2D eigenvalue weighted by molar-refractivity contribution is 7.17. The van der Waals surface area contributed by atoms with E-state index in [-0.39, 0.29) is 11.8 Å². The molecule has 0 unspecified atom stereocenters. The van der Waals surface area contributed by atoms with E-state index in [4.69, 9.17) is 0 Å². The molecule has 0 saturated carbocycles. The number of hydrogen-bond acceptors (Lipinski definition) is 3. The third kappa shape index (κ3) is 3.57. The van der Waals surface area contributed by atoms with E-state index in [2.05, 4.69) is 10.6 Å². The first kappa shape index (κ1) is 16.5. The molecule has 124 valence electrons. The van der Waals surface area contributed by atoms with Crippen LogP contribution in [0.5, 0.6) is 0 Å². The summed E-state index contributed by atoms with van der Waals surface area (Å²) < 4.78 is 0. The van der Waals surface area contributed by atoms with Crippen LogP contribution in [-0.4, -0.2) is 18.9 Å². The number of nitrogens with one attached hydrogen (secondary N) is 2. The van der Waals surface area contributed by atoms with Crippen molar-refractivity contribution in [1.29, 1.82) is 0 Å². The predicted octanol–water partition coefficient (Wildman–Crippen LogP) is 3.64. The van der Waals surface area contributed by atoms with E-state index in [9.17, 15) is 9.59 Å². The van der Waals surface area contributed by atoms with Crippen LogP contribution < -0.4 is 10.6 Å². The van der Waals surface area contributed by atoms with Gasteiger partial charge in [0.1, 0.15) is 5.00 Å². The Balaban J connectivity index is 1.81. The molecule has 1 aromatic heterocycles. The Kier molecular flexibility index (Phi) is 5.11. The molecule has 0 atom stereocenters. The van der Waals surface area contributed by atoms with E-state index in [1.165, 1.54) is 22.3 Å². The molecule has 1 heterocycles. The summed E-state index contributed by atoms with van der Waals surface area (Å²) in [5, 5.41) is 6.23. The summed E-state index contributed by atoms with van der Waals surface area (Å²) >= 11 is 1.53. The van der Waals surface area contributed by atoms with Crippen molar-refractivity contribution in [1.82, 2.24) is 5.32 Å². The summed E-state index contributed by atoms with van der Waals surface area (Å²) in [4.78, 5) is 25.7. The summed E-state index contributed by atoms with van der Waals surface area (Å²) in [5.41, 5.74) is 2.70. The van der Waals surface area contributed by atoms with Crippen LogP contribution in [0, 0.1) is 0 Å². The number of fused-ring (bicyclic) bond motifs is 1. The van der Waals surface area contributed by atoms with Gasteiger partial charge >= 0.3 is 0 Å². The van der Waals surface area contributed by atoms with Crippen LogP contribution in [0.3, 0.4) is 0 Å². The SMILES string of the molecule is CNC(=O)c1c(NC(=O)/C=C/c2ccccc2)sc2c1CCCC2. The summed E-state index contributed by atoms with van der Waals surface area (Å²) in [6.45, 7) is 0. The van der Waals surface area contributed by atoms with E-state index in [1.54, 1.807) is 13.1 Å². The number of hydrogen-bond donors (Lipinski definition) is 2. The molecule has 1 aliphatic rings. The second-order valence-electron chi connectivity index (χ2n) is 5.73. The van der Waals surface area contributed by atoms with Crippen LogP contribution in [-0.2, 0) is 17.6 Å². The number of thiophene rings is 1. The molecule has 0 saturated heterocycles. The maximum Gasteiger partial charge on any atom is 0.254 e. The van der Waals surface area contributed by atoms with Gasteiger partial charge in [-0.15, -0.1) is 11.3 Å². The lowest BCUT2D eigenvalue weighted by Crippen LogP contribution is -2.21. The van der Waals surface area contributed by atoms with E-state index in [1.807, 2.05) is 30.3 Å². The second kappa shape index (κ2) is 7.45.